The molecule has 2 N–H and O–H groups in total. The highest BCUT2D eigenvalue weighted by atomic mass is 14.9. The molecule has 2 nitrogen and oxygen atoms in total. The van der Waals surface area contributed by atoms with Crippen molar-refractivity contribution in [3.8, 4) is 0 Å². The molecule has 1 heterocycles. The number of hydrogen-bond acceptors (Lipinski definition) is 1. The number of benzene rings is 2. The number of H-pyrrole nitrogens is 1. The molecule has 2 aromatic carbocycles. The highest BCUT2D eigenvalue weighted by molar-refractivity contribution is 5.88. The molecule has 0 bridgehead atoms. The second-order valence-corrected chi connectivity index (χ2v) is 5.79. The van der Waals surface area contributed by atoms with Crippen molar-refractivity contribution in [2.45, 2.75) is 19.9 Å². The van der Waals surface area contributed by atoms with Gasteiger partial charge in [-0.15, -0.1) is 0 Å². The van der Waals surface area contributed by atoms with Gasteiger partial charge in [-0.1, -0.05) is 30.4 Å². The summed E-state index contributed by atoms with van der Waals surface area (Å²) in [5.74, 6) is 0. The molecule has 0 aliphatic heterocycles. The molecule has 2 heteroatoms. The summed E-state index contributed by atoms with van der Waals surface area (Å²) in [6.07, 6.45) is 8.14. The van der Waals surface area contributed by atoms with Crippen molar-refractivity contribution in [1.29, 1.82) is 0 Å². The standard InChI is InChI=1S/C20H20N2/c1-15(2)22-20-8-7-18-13-17(5-6-19(18)14-20)4-3-16-9-11-21-12-10-16/h3-15,22H,1-2H3/p+1/b4-3+. The smallest absolute Gasteiger partial charge is 0.167 e. The molecule has 0 aliphatic carbocycles. The minimum atomic E-state index is 0.447. The van der Waals surface area contributed by atoms with Gasteiger partial charge in [0.2, 0.25) is 0 Å². The van der Waals surface area contributed by atoms with Crippen molar-refractivity contribution in [2.24, 2.45) is 0 Å². The summed E-state index contributed by atoms with van der Waals surface area (Å²) < 4.78 is 0. The van der Waals surface area contributed by atoms with Gasteiger partial charge in [-0.3, -0.25) is 0 Å². The number of rotatable bonds is 4. The van der Waals surface area contributed by atoms with Crippen LogP contribution in [0, 0.1) is 0 Å². The van der Waals surface area contributed by atoms with E-state index < -0.39 is 0 Å². The lowest BCUT2D eigenvalue weighted by Gasteiger charge is -2.10. The molecule has 0 spiro atoms. The van der Waals surface area contributed by atoms with Crippen molar-refractivity contribution in [3.63, 3.8) is 0 Å². The number of nitrogens with one attached hydrogen (secondary N) is 2. The van der Waals surface area contributed by atoms with Gasteiger partial charge in [-0.25, -0.2) is 4.98 Å². The van der Waals surface area contributed by atoms with Crippen LogP contribution in [-0.2, 0) is 0 Å². The monoisotopic (exact) mass is 289 g/mol. The van der Waals surface area contributed by atoms with Gasteiger partial charge in [0.1, 0.15) is 0 Å². The Hall–Kier alpha value is -2.61. The van der Waals surface area contributed by atoms with Crippen LogP contribution >= 0.6 is 0 Å². The Kier molecular flexibility index (Phi) is 4.19. The summed E-state index contributed by atoms with van der Waals surface area (Å²) in [6, 6.07) is 17.6. The van der Waals surface area contributed by atoms with Crippen LogP contribution in [0.3, 0.4) is 0 Å². The van der Waals surface area contributed by atoms with Crippen molar-refractivity contribution in [3.05, 3.63) is 72.1 Å². The molecular weight excluding hydrogens is 268 g/mol. The molecule has 0 atom stereocenters. The first-order valence-electron chi connectivity index (χ1n) is 7.65. The Balaban J connectivity index is 1.85. The van der Waals surface area contributed by atoms with Gasteiger partial charge in [0.05, 0.1) is 0 Å². The van der Waals surface area contributed by atoms with E-state index in [4.69, 9.17) is 0 Å². The number of pyridine rings is 1. The largest absolute Gasteiger partial charge is 0.383 e. The van der Waals surface area contributed by atoms with Crippen molar-refractivity contribution in [1.82, 2.24) is 0 Å². The Morgan fingerprint density at radius 1 is 0.818 bits per heavy atom. The molecule has 0 aliphatic rings. The zero-order valence-corrected chi connectivity index (χ0v) is 13.0. The first kappa shape index (κ1) is 14.3. The molecule has 0 radical (unpaired) electrons. The lowest BCUT2D eigenvalue weighted by Crippen LogP contribution is -2.09. The highest BCUT2D eigenvalue weighted by Gasteiger charge is 1.99. The second-order valence-electron chi connectivity index (χ2n) is 5.79. The number of hydrogen-bond donors (Lipinski definition) is 1. The number of anilines is 1. The number of fused-ring (bicyclic) bond motifs is 1. The summed E-state index contributed by atoms with van der Waals surface area (Å²) in [4.78, 5) is 3.03. The Bertz CT molecular complexity index is 789. The van der Waals surface area contributed by atoms with Crippen LogP contribution in [-0.4, -0.2) is 6.04 Å². The Morgan fingerprint density at radius 2 is 1.50 bits per heavy atom. The maximum absolute atomic E-state index is 3.44. The van der Waals surface area contributed by atoms with E-state index in [-0.39, 0.29) is 0 Å². The number of aromatic amines is 1. The summed E-state index contributed by atoms with van der Waals surface area (Å²) in [5.41, 5.74) is 3.58. The van der Waals surface area contributed by atoms with Crippen molar-refractivity contribution < 1.29 is 4.98 Å². The fraction of sp³-hybridized carbons (Fsp3) is 0.150. The third-order valence-electron chi connectivity index (χ3n) is 3.53. The predicted octanol–water partition coefficient (Wildman–Crippen LogP) is 4.64. The van der Waals surface area contributed by atoms with E-state index in [0.29, 0.717) is 6.04 Å². The van der Waals surface area contributed by atoms with Gasteiger partial charge in [-0.05, 0) is 53.9 Å². The zero-order chi connectivity index (χ0) is 15.4. The number of aromatic nitrogens is 1. The average molecular weight is 289 g/mol. The van der Waals surface area contributed by atoms with Crippen LogP contribution in [0.4, 0.5) is 5.69 Å². The lowest BCUT2D eigenvalue weighted by molar-refractivity contribution is -0.378. The van der Waals surface area contributed by atoms with E-state index in [1.807, 2.05) is 12.4 Å². The molecule has 0 saturated carbocycles. The molecule has 0 saturated heterocycles. The maximum Gasteiger partial charge on any atom is 0.167 e. The Morgan fingerprint density at radius 3 is 2.27 bits per heavy atom. The van der Waals surface area contributed by atoms with Crippen molar-refractivity contribution >= 4 is 28.6 Å². The fourth-order valence-electron chi connectivity index (χ4n) is 2.49. The molecule has 22 heavy (non-hydrogen) atoms. The van der Waals surface area contributed by atoms with Gasteiger partial charge >= 0.3 is 0 Å². The first-order valence-corrected chi connectivity index (χ1v) is 7.65. The van der Waals surface area contributed by atoms with Crippen LogP contribution in [0.5, 0.6) is 0 Å². The quantitative estimate of drug-likeness (QED) is 0.743. The SMILES string of the molecule is CC(C)Nc1ccc2cc(/C=C/c3cc[nH+]cc3)ccc2c1. The van der Waals surface area contributed by atoms with Crippen LogP contribution in [0.1, 0.15) is 25.0 Å². The van der Waals surface area contributed by atoms with Gasteiger partial charge in [0.15, 0.2) is 12.4 Å². The molecular formula is C20H21N2+. The zero-order valence-electron chi connectivity index (χ0n) is 13.0. The van der Waals surface area contributed by atoms with E-state index >= 15 is 0 Å². The van der Waals surface area contributed by atoms with Crippen LogP contribution in [0.25, 0.3) is 22.9 Å². The van der Waals surface area contributed by atoms with Gasteiger partial charge < -0.3 is 5.32 Å². The Labute approximate surface area is 131 Å². The van der Waals surface area contributed by atoms with E-state index in [1.54, 1.807) is 0 Å². The second kappa shape index (κ2) is 6.44. The third-order valence-corrected chi connectivity index (χ3v) is 3.53. The summed E-state index contributed by atoms with van der Waals surface area (Å²) in [7, 11) is 0. The van der Waals surface area contributed by atoms with E-state index in [9.17, 15) is 0 Å². The highest BCUT2D eigenvalue weighted by Crippen LogP contribution is 2.22. The summed E-state index contributed by atoms with van der Waals surface area (Å²) in [6.45, 7) is 4.30. The molecule has 0 unspecified atom stereocenters. The molecule has 3 rings (SSSR count). The van der Waals surface area contributed by atoms with Crippen LogP contribution in [0.2, 0.25) is 0 Å². The molecule has 0 fully saturated rings. The molecule has 0 amide bonds. The third kappa shape index (κ3) is 3.53. The van der Waals surface area contributed by atoms with E-state index in [2.05, 4.69) is 84.8 Å². The van der Waals surface area contributed by atoms with Gasteiger partial charge in [-0.2, -0.15) is 0 Å². The maximum atomic E-state index is 3.44. The molecule has 1 aromatic heterocycles. The average Bonchev–Trinajstić information content (AvgIpc) is 2.53. The van der Waals surface area contributed by atoms with Crippen LogP contribution in [0.15, 0.2) is 60.9 Å². The normalized spacial score (nSPS) is 11.4. The fourth-order valence-corrected chi connectivity index (χ4v) is 2.49. The summed E-state index contributed by atoms with van der Waals surface area (Å²) in [5, 5.41) is 5.96. The molecule has 110 valence electrons. The van der Waals surface area contributed by atoms with E-state index in [0.717, 1.165) is 0 Å². The van der Waals surface area contributed by atoms with Crippen LogP contribution < -0.4 is 10.3 Å². The molecule has 3 aromatic rings. The minimum Gasteiger partial charge on any atom is -0.383 e. The van der Waals surface area contributed by atoms with Gasteiger partial charge in [0.25, 0.3) is 0 Å². The summed E-state index contributed by atoms with van der Waals surface area (Å²) >= 11 is 0. The predicted molar refractivity (Wildman–Crippen MR) is 94.6 cm³/mol. The van der Waals surface area contributed by atoms with Crippen molar-refractivity contribution in [2.75, 3.05) is 5.32 Å². The lowest BCUT2D eigenvalue weighted by atomic mass is 10.1. The minimum absolute atomic E-state index is 0.447. The van der Waals surface area contributed by atoms with Gasteiger partial charge in [0, 0.05) is 23.9 Å². The van der Waals surface area contributed by atoms with E-state index in [1.165, 1.54) is 27.6 Å². The first-order chi connectivity index (χ1) is 10.7. The topological polar surface area (TPSA) is 26.2 Å².